The normalized spacial score (nSPS) is 28.4. The predicted octanol–water partition coefficient (Wildman–Crippen LogP) is 3.12. The third-order valence-corrected chi connectivity index (χ3v) is 4.53. The number of hydrogen-bond acceptors (Lipinski definition) is 2. The summed E-state index contributed by atoms with van der Waals surface area (Å²) in [6.07, 6.45) is -1.14. The van der Waals surface area contributed by atoms with Crippen molar-refractivity contribution in [2.45, 2.75) is 44.7 Å². The van der Waals surface area contributed by atoms with Gasteiger partial charge in [0.1, 0.15) is 0 Å². The number of rotatable bonds is 5. The molecule has 2 aliphatic carbocycles. The van der Waals surface area contributed by atoms with Gasteiger partial charge >= 0.3 is 6.18 Å². The largest absolute Gasteiger partial charge is 0.390 e. The summed E-state index contributed by atoms with van der Waals surface area (Å²) in [7, 11) is 0. The first kappa shape index (κ1) is 15.1. The molecule has 2 rings (SSSR count). The zero-order chi connectivity index (χ0) is 14.8. The SMILES string of the molecule is N#CCCN(CCC(F)(F)F)C(=O)C1CC2CCC1C2. The summed E-state index contributed by atoms with van der Waals surface area (Å²) in [4.78, 5) is 13.7. The number of hydrogen-bond donors (Lipinski definition) is 0. The molecule has 0 saturated heterocycles. The van der Waals surface area contributed by atoms with Gasteiger partial charge in [-0.1, -0.05) is 6.42 Å². The Balaban J connectivity index is 1.95. The summed E-state index contributed by atoms with van der Waals surface area (Å²) in [5.41, 5.74) is 0. The molecule has 0 aliphatic heterocycles. The first-order valence-electron chi connectivity index (χ1n) is 7.13. The smallest absolute Gasteiger partial charge is 0.341 e. The van der Waals surface area contributed by atoms with E-state index in [2.05, 4.69) is 0 Å². The molecule has 0 aromatic carbocycles. The van der Waals surface area contributed by atoms with Crippen LogP contribution in [0.2, 0.25) is 0 Å². The van der Waals surface area contributed by atoms with Gasteiger partial charge in [-0.15, -0.1) is 0 Å². The van der Waals surface area contributed by atoms with Crippen LogP contribution in [-0.2, 0) is 4.79 Å². The van der Waals surface area contributed by atoms with Crippen LogP contribution in [0.1, 0.15) is 38.5 Å². The quantitative estimate of drug-likeness (QED) is 0.780. The van der Waals surface area contributed by atoms with Crippen LogP contribution < -0.4 is 0 Å². The summed E-state index contributed by atoms with van der Waals surface area (Å²) in [5.74, 6) is 0.648. The van der Waals surface area contributed by atoms with Crippen LogP contribution in [0.25, 0.3) is 0 Å². The summed E-state index contributed by atoms with van der Waals surface area (Å²) < 4.78 is 37.0. The van der Waals surface area contributed by atoms with Crippen molar-refractivity contribution in [3.63, 3.8) is 0 Å². The maximum absolute atomic E-state index is 12.4. The van der Waals surface area contributed by atoms with Crippen molar-refractivity contribution >= 4 is 5.91 Å². The van der Waals surface area contributed by atoms with E-state index in [1.807, 2.05) is 6.07 Å². The predicted molar refractivity (Wildman–Crippen MR) is 66.4 cm³/mol. The summed E-state index contributed by atoms with van der Waals surface area (Å²) in [5, 5.41) is 8.59. The lowest BCUT2D eigenvalue weighted by Crippen LogP contribution is -2.40. The lowest BCUT2D eigenvalue weighted by Gasteiger charge is -2.29. The fraction of sp³-hybridized carbons (Fsp3) is 0.857. The molecule has 0 N–H and O–H groups in total. The highest BCUT2D eigenvalue weighted by atomic mass is 19.4. The molecule has 0 aromatic heterocycles. The molecule has 0 heterocycles. The van der Waals surface area contributed by atoms with E-state index in [0.717, 1.165) is 25.7 Å². The van der Waals surface area contributed by atoms with E-state index in [4.69, 9.17) is 5.26 Å². The Morgan fingerprint density at radius 2 is 2.00 bits per heavy atom. The Morgan fingerprint density at radius 3 is 2.50 bits per heavy atom. The highest BCUT2D eigenvalue weighted by molar-refractivity contribution is 5.79. The third-order valence-electron chi connectivity index (χ3n) is 4.53. The van der Waals surface area contributed by atoms with Crippen LogP contribution in [0, 0.1) is 29.1 Å². The second-order valence-corrected chi connectivity index (χ2v) is 5.88. The second-order valence-electron chi connectivity index (χ2n) is 5.88. The maximum atomic E-state index is 12.4. The van der Waals surface area contributed by atoms with Gasteiger partial charge in [0, 0.05) is 19.0 Å². The number of carbonyl (C=O) groups is 1. The number of nitriles is 1. The van der Waals surface area contributed by atoms with Gasteiger partial charge in [0.15, 0.2) is 0 Å². The Bertz CT molecular complexity index is 402. The van der Waals surface area contributed by atoms with Gasteiger partial charge in [0.2, 0.25) is 5.91 Å². The van der Waals surface area contributed by atoms with Crippen molar-refractivity contribution < 1.29 is 18.0 Å². The average molecular weight is 288 g/mol. The van der Waals surface area contributed by atoms with E-state index < -0.39 is 12.6 Å². The molecule has 2 aliphatic rings. The summed E-state index contributed by atoms with van der Waals surface area (Å²) in [6.45, 7) is -0.211. The number of carbonyl (C=O) groups excluding carboxylic acids is 1. The van der Waals surface area contributed by atoms with Gasteiger partial charge in [0.25, 0.3) is 0 Å². The van der Waals surface area contributed by atoms with Crippen molar-refractivity contribution in [3.8, 4) is 6.07 Å². The second kappa shape index (κ2) is 6.02. The van der Waals surface area contributed by atoms with Crippen LogP contribution in [0.4, 0.5) is 13.2 Å². The van der Waals surface area contributed by atoms with E-state index in [1.54, 1.807) is 0 Å². The minimum absolute atomic E-state index is 0.0877. The van der Waals surface area contributed by atoms with Crippen molar-refractivity contribution in [1.82, 2.24) is 4.90 Å². The highest BCUT2D eigenvalue weighted by Gasteiger charge is 2.44. The van der Waals surface area contributed by atoms with E-state index in [9.17, 15) is 18.0 Å². The minimum Gasteiger partial charge on any atom is -0.341 e. The molecule has 112 valence electrons. The number of fused-ring (bicyclic) bond motifs is 2. The van der Waals surface area contributed by atoms with Crippen molar-refractivity contribution in [2.75, 3.05) is 13.1 Å². The fourth-order valence-corrected chi connectivity index (χ4v) is 3.56. The van der Waals surface area contributed by atoms with Gasteiger partial charge in [0.05, 0.1) is 18.9 Å². The average Bonchev–Trinajstić information content (AvgIpc) is 2.99. The molecule has 0 radical (unpaired) electrons. The lowest BCUT2D eigenvalue weighted by atomic mass is 9.87. The van der Waals surface area contributed by atoms with Crippen LogP contribution in [0.3, 0.4) is 0 Å². The van der Waals surface area contributed by atoms with Crippen molar-refractivity contribution in [3.05, 3.63) is 0 Å². The molecule has 0 aromatic rings. The summed E-state index contributed by atoms with van der Waals surface area (Å²) >= 11 is 0. The van der Waals surface area contributed by atoms with E-state index in [-0.39, 0.29) is 31.3 Å². The molecule has 2 fully saturated rings. The molecule has 2 saturated carbocycles. The molecule has 3 atom stereocenters. The number of nitrogens with zero attached hydrogens (tertiary/aromatic N) is 2. The Labute approximate surface area is 116 Å². The van der Waals surface area contributed by atoms with Crippen molar-refractivity contribution in [1.29, 1.82) is 5.26 Å². The molecular weight excluding hydrogens is 269 g/mol. The van der Waals surface area contributed by atoms with Crippen LogP contribution in [0.15, 0.2) is 0 Å². The van der Waals surface area contributed by atoms with Crippen LogP contribution in [-0.4, -0.2) is 30.1 Å². The number of amides is 1. The number of halogens is 3. The Hall–Kier alpha value is -1.25. The lowest BCUT2D eigenvalue weighted by molar-refractivity contribution is -0.148. The maximum Gasteiger partial charge on any atom is 0.390 e. The zero-order valence-corrected chi connectivity index (χ0v) is 11.3. The molecule has 0 spiro atoms. The first-order chi connectivity index (χ1) is 9.40. The molecule has 6 heteroatoms. The van der Waals surface area contributed by atoms with Crippen LogP contribution >= 0.6 is 0 Å². The fourth-order valence-electron chi connectivity index (χ4n) is 3.56. The van der Waals surface area contributed by atoms with E-state index >= 15 is 0 Å². The van der Waals surface area contributed by atoms with E-state index in [0.29, 0.717) is 11.8 Å². The highest BCUT2D eigenvalue weighted by Crippen LogP contribution is 2.48. The van der Waals surface area contributed by atoms with Gasteiger partial charge in [-0.05, 0) is 31.1 Å². The molecule has 3 unspecified atom stereocenters. The molecule has 1 amide bonds. The third kappa shape index (κ3) is 3.65. The monoisotopic (exact) mass is 288 g/mol. The molecule has 3 nitrogen and oxygen atoms in total. The molecule has 20 heavy (non-hydrogen) atoms. The van der Waals surface area contributed by atoms with Gasteiger partial charge in [-0.3, -0.25) is 4.79 Å². The van der Waals surface area contributed by atoms with E-state index in [1.165, 1.54) is 4.90 Å². The van der Waals surface area contributed by atoms with Gasteiger partial charge in [-0.25, -0.2) is 0 Å². The van der Waals surface area contributed by atoms with Crippen molar-refractivity contribution in [2.24, 2.45) is 17.8 Å². The summed E-state index contributed by atoms with van der Waals surface area (Å²) in [6, 6.07) is 1.90. The van der Waals surface area contributed by atoms with Gasteiger partial charge < -0.3 is 4.90 Å². The Morgan fingerprint density at radius 1 is 1.25 bits per heavy atom. The number of alkyl halides is 3. The van der Waals surface area contributed by atoms with Gasteiger partial charge in [-0.2, -0.15) is 18.4 Å². The minimum atomic E-state index is -4.26. The molecular formula is C14H19F3N2O. The zero-order valence-electron chi connectivity index (χ0n) is 11.3. The first-order valence-corrected chi connectivity index (χ1v) is 7.13. The Kier molecular flexibility index (Phi) is 4.56. The standard InChI is InChI=1S/C14H19F3N2O/c15-14(16,17)4-7-19(6-1-5-18)13(20)12-9-10-2-3-11(12)8-10/h10-12H,1-4,6-9H2. The topological polar surface area (TPSA) is 44.1 Å². The van der Waals surface area contributed by atoms with Crippen LogP contribution in [0.5, 0.6) is 0 Å². The molecule has 2 bridgehead atoms.